The first-order chi connectivity index (χ1) is 10.6. The van der Waals surface area contributed by atoms with Gasteiger partial charge in [-0.25, -0.2) is 0 Å². The van der Waals surface area contributed by atoms with Gasteiger partial charge in [-0.05, 0) is 42.7 Å². The summed E-state index contributed by atoms with van der Waals surface area (Å²) in [4.78, 5) is 11.2. The van der Waals surface area contributed by atoms with Gasteiger partial charge in [0, 0.05) is 0 Å². The van der Waals surface area contributed by atoms with Crippen molar-refractivity contribution >= 4 is 17.9 Å². The van der Waals surface area contributed by atoms with Crippen LogP contribution in [0.15, 0.2) is 12.1 Å². The average molecular weight is 325 g/mol. The van der Waals surface area contributed by atoms with Crippen molar-refractivity contribution in [2.75, 3.05) is 6.61 Å². The Balaban J connectivity index is 2.08. The lowest BCUT2D eigenvalue weighted by Gasteiger charge is -2.35. The van der Waals surface area contributed by atoms with Gasteiger partial charge in [0.05, 0.1) is 17.2 Å². The Bertz CT molecular complexity index is 515. The zero-order valence-corrected chi connectivity index (χ0v) is 14.1. The molecule has 0 radical (unpaired) electrons. The van der Waals surface area contributed by atoms with Crippen LogP contribution in [0, 0.1) is 17.8 Å². The second-order valence-electron chi connectivity index (χ2n) is 6.33. The smallest absolute Gasteiger partial charge is 0.157 e. The highest BCUT2D eigenvalue weighted by atomic mass is 35.5. The summed E-state index contributed by atoms with van der Waals surface area (Å²) in [5, 5.41) is 10.0. The van der Waals surface area contributed by atoms with Gasteiger partial charge < -0.3 is 9.84 Å². The normalized spacial score (nSPS) is 23.0. The minimum Gasteiger partial charge on any atom is -0.505 e. The molecule has 1 N–H and O–H groups in total. The molecule has 0 amide bonds. The van der Waals surface area contributed by atoms with Crippen molar-refractivity contribution in [2.45, 2.75) is 46.0 Å². The number of hydrogen-bond acceptors (Lipinski definition) is 3. The molecule has 1 aliphatic carbocycles. The highest BCUT2D eigenvalue weighted by Gasteiger charge is 2.29. The molecule has 2 rings (SSSR count). The third kappa shape index (κ3) is 3.75. The Kier molecular flexibility index (Phi) is 6.13. The van der Waals surface area contributed by atoms with E-state index in [9.17, 15) is 9.90 Å². The molecule has 1 fully saturated rings. The molecule has 3 unspecified atom stereocenters. The molecule has 0 heterocycles. The van der Waals surface area contributed by atoms with Crippen molar-refractivity contribution in [3.05, 3.63) is 22.7 Å². The Morgan fingerprint density at radius 2 is 2.14 bits per heavy atom. The van der Waals surface area contributed by atoms with Gasteiger partial charge in [-0.2, -0.15) is 0 Å². The van der Waals surface area contributed by atoms with Crippen LogP contribution in [0.1, 0.15) is 56.3 Å². The molecule has 0 aromatic heterocycles. The zero-order chi connectivity index (χ0) is 16.1. The molecule has 0 bridgehead atoms. The van der Waals surface area contributed by atoms with E-state index in [0.29, 0.717) is 36.4 Å². The molecule has 0 spiro atoms. The van der Waals surface area contributed by atoms with Crippen molar-refractivity contribution in [1.29, 1.82) is 0 Å². The van der Waals surface area contributed by atoms with Crippen LogP contribution in [-0.2, 0) is 0 Å². The minimum atomic E-state index is -0.198. The summed E-state index contributed by atoms with van der Waals surface area (Å²) in [5.41, 5.74) is 0.142. The molecule has 0 aliphatic heterocycles. The van der Waals surface area contributed by atoms with Crippen LogP contribution in [0.5, 0.6) is 11.5 Å². The van der Waals surface area contributed by atoms with E-state index in [1.54, 1.807) is 12.1 Å². The first kappa shape index (κ1) is 17.1. The SMILES string of the molecule is CCC(C)C1CCCCC1COc1ccc(Cl)c(O)c1C=O. The maximum Gasteiger partial charge on any atom is 0.157 e. The van der Waals surface area contributed by atoms with Gasteiger partial charge in [-0.3, -0.25) is 4.79 Å². The lowest BCUT2D eigenvalue weighted by atomic mass is 9.72. The molecular weight excluding hydrogens is 300 g/mol. The maximum atomic E-state index is 11.2. The Morgan fingerprint density at radius 3 is 2.82 bits per heavy atom. The first-order valence-electron chi connectivity index (χ1n) is 8.17. The van der Waals surface area contributed by atoms with Crippen molar-refractivity contribution in [1.82, 2.24) is 0 Å². The molecule has 1 aliphatic rings. The molecule has 122 valence electrons. The van der Waals surface area contributed by atoms with Gasteiger partial charge in [-0.15, -0.1) is 0 Å². The predicted molar refractivity (Wildman–Crippen MR) is 88.9 cm³/mol. The van der Waals surface area contributed by atoms with Gasteiger partial charge in [0.15, 0.2) is 6.29 Å². The predicted octanol–water partition coefficient (Wildman–Crippen LogP) is 5.09. The summed E-state index contributed by atoms with van der Waals surface area (Å²) in [6.45, 7) is 5.14. The quantitative estimate of drug-likeness (QED) is 0.741. The highest BCUT2D eigenvalue weighted by Crippen LogP contribution is 2.38. The summed E-state index contributed by atoms with van der Waals surface area (Å²) in [6.07, 6.45) is 6.76. The molecule has 1 saturated carbocycles. The average Bonchev–Trinajstić information content (AvgIpc) is 2.55. The van der Waals surface area contributed by atoms with E-state index in [0.717, 1.165) is 0 Å². The lowest BCUT2D eigenvalue weighted by molar-refractivity contribution is 0.105. The monoisotopic (exact) mass is 324 g/mol. The van der Waals surface area contributed by atoms with Gasteiger partial charge in [-0.1, -0.05) is 44.7 Å². The first-order valence-corrected chi connectivity index (χ1v) is 8.55. The van der Waals surface area contributed by atoms with E-state index in [1.807, 2.05) is 0 Å². The summed E-state index contributed by atoms with van der Waals surface area (Å²) in [6, 6.07) is 3.22. The van der Waals surface area contributed by atoms with Crippen molar-refractivity contribution < 1.29 is 14.6 Å². The van der Waals surface area contributed by atoms with E-state index < -0.39 is 0 Å². The number of carbonyl (C=O) groups is 1. The van der Waals surface area contributed by atoms with Crippen LogP contribution in [-0.4, -0.2) is 18.0 Å². The van der Waals surface area contributed by atoms with E-state index in [-0.39, 0.29) is 16.3 Å². The van der Waals surface area contributed by atoms with E-state index in [4.69, 9.17) is 16.3 Å². The molecule has 4 heteroatoms. The molecule has 3 nitrogen and oxygen atoms in total. The van der Waals surface area contributed by atoms with Crippen molar-refractivity contribution in [3.63, 3.8) is 0 Å². The van der Waals surface area contributed by atoms with Gasteiger partial charge >= 0.3 is 0 Å². The zero-order valence-electron chi connectivity index (χ0n) is 13.3. The third-order valence-electron chi connectivity index (χ3n) is 5.04. The fraction of sp³-hybridized carbons (Fsp3) is 0.611. The topological polar surface area (TPSA) is 46.5 Å². The summed E-state index contributed by atoms with van der Waals surface area (Å²) in [7, 11) is 0. The van der Waals surface area contributed by atoms with E-state index in [1.165, 1.54) is 32.1 Å². The number of phenols is 1. The highest BCUT2D eigenvalue weighted by molar-refractivity contribution is 6.32. The summed E-state index contributed by atoms with van der Waals surface area (Å²) < 4.78 is 5.88. The van der Waals surface area contributed by atoms with Gasteiger partial charge in [0.25, 0.3) is 0 Å². The number of ether oxygens (including phenoxy) is 1. The summed E-state index contributed by atoms with van der Waals surface area (Å²) in [5.74, 6) is 2.11. The molecule has 3 atom stereocenters. The minimum absolute atomic E-state index is 0.142. The second-order valence-corrected chi connectivity index (χ2v) is 6.74. The van der Waals surface area contributed by atoms with Gasteiger partial charge in [0.2, 0.25) is 0 Å². The number of phenolic OH excluding ortho intramolecular Hbond substituents is 1. The van der Waals surface area contributed by atoms with Crippen LogP contribution in [0.2, 0.25) is 5.02 Å². The van der Waals surface area contributed by atoms with Gasteiger partial charge in [0.1, 0.15) is 11.5 Å². The van der Waals surface area contributed by atoms with Crippen LogP contribution in [0.25, 0.3) is 0 Å². The maximum absolute atomic E-state index is 11.2. The Morgan fingerprint density at radius 1 is 1.41 bits per heavy atom. The number of carbonyl (C=O) groups excluding carboxylic acids is 1. The van der Waals surface area contributed by atoms with Crippen LogP contribution < -0.4 is 4.74 Å². The number of hydrogen-bond donors (Lipinski definition) is 1. The molecule has 0 saturated heterocycles. The van der Waals surface area contributed by atoms with Crippen molar-refractivity contribution in [3.8, 4) is 11.5 Å². The number of aromatic hydroxyl groups is 1. The molecule has 1 aromatic carbocycles. The van der Waals surface area contributed by atoms with E-state index in [2.05, 4.69) is 13.8 Å². The number of rotatable bonds is 6. The van der Waals surface area contributed by atoms with Crippen LogP contribution in [0.4, 0.5) is 0 Å². The number of aldehydes is 1. The molecular formula is C18H25ClO3. The van der Waals surface area contributed by atoms with E-state index >= 15 is 0 Å². The Hall–Kier alpha value is -1.22. The fourth-order valence-electron chi connectivity index (χ4n) is 3.49. The molecule has 22 heavy (non-hydrogen) atoms. The largest absolute Gasteiger partial charge is 0.505 e. The summed E-state index contributed by atoms with van der Waals surface area (Å²) >= 11 is 5.83. The van der Waals surface area contributed by atoms with Crippen LogP contribution >= 0.6 is 11.6 Å². The Labute approximate surface area is 137 Å². The number of benzene rings is 1. The second kappa shape index (κ2) is 7.87. The fourth-order valence-corrected chi connectivity index (χ4v) is 3.66. The molecule has 1 aromatic rings. The van der Waals surface area contributed by atoms with Crippen molar-refractivity contribution in [2.24, 2.45) is 17.8 Å². The standard InChI is InChI=1S/C18H25ClO3/c1-3-12(2)14-7-5-4-6-13(14)11-22-17-9-8-16(19)18(21)15(17)10-20/h8-10,12-14,21H,3-7,11H2,1-2H3. The third-order valence-corrected chi connectivity index (χ3v) is 5.35. The lowest BCUT2D eigenvalue weighted by Crippen LogP contribution is -2.29. The van der Waals surface area contributed by atoms with Crippen LogP contribution in [0.3, 0.4) is 0 Å². The number of halogens is 1.